The van der Waals surface area contributed by atoms with Crippen molar-refractivity contribution in [3.8, 4) is 23.0 Å². The molecule has 0 spiro atoms. The summed E-state index contributed by atoms with van der Waals surface area (Å²) in [5.74, 6) is -2.00. The first-order valence-electron chi connectivity index (χ1n) is 11.0. The molecule has 5 aromatic rings. The number of amides is 1. The number of aromatic nitrogens is 4. The third kappa shape index (κ3) is 5.04. The molecule has 0 atom stereocenters. The minimum Gasteiger partial charge on any atom is -0.322 e. The van der Waals surface area contributed by atoms with Crippen LogP contribution >= 0.6 is 10.2 Å². The van der Waals surface area contributed by atoms with Crippen LogP contribution in [0.5, 0.6) is 0 Å². The van der Waals surface area contributed by atoms with E-state index in [4.69, 9.17) is 5.26 Å². The Morgan fingerprint density at radius 1 is 1.05 bits per heavy atom. The van der Waals surface area contributed by atoms with Crippen molar-refractivity contribution in [1.29, 1.82) is 5.26 Å². The molecule has 0 aliphatic carbocycles. The maximum atomic E-state index is 14.9. The topological polar surface area (TPSA) is 88.0 Å². The number of rotatable bonds is 5. The highest BCUT2D eigenvalue weighted by Crippen LogP contribution is 3.02. The van der Waals surface area contributed by atoms with Gasteiger partial charge in [-0.15, -0.1) is 0 Å². The first-order valence-corrected chi connectivity index (χ1v) is 13.0. The van der Waals surface area contributed by atoms with E-state index in [0.29, 0.717) is 11.3 Å². The number of nitriles is 1. The van der Waals surface area contributed by atoms with Crippen LogP contribution in [0.15, 0.2) is 78.2 Å². The Kier molecular flexibility index (Phi) is 5.38. The third-order valence-corrected chi connectivity index (χ3v) is 6.98. The van der Waals surface area contributed by atoms with Crippen LogP contribution < -0.4 is 5.32 Å². The molecule has 0 radical (unpaired) electrons. The zero-order valence-corrected chi connectivity index (χ0v) is 20.6. The van der Waals surface area contributed by atoms with E-state index in [1.807, 2.05) is 6.07 Å². The summed E-state index contributed by atoms with van der Waals surface area (Å²) in [4.78, 5) is 14.4. The van der Waals surface area contributed by atoms with Crippen LogP contribution in [0.1, 0.15) is 21.5 Å². The summed E-state index contributed by atoms with van der Waals surface area (Å²) in [5.41, 5.74) is 0.521. The molecular formula is C25H16F6N6OS. The second-order valence-corrected chi connectivity index (χ2v) is 11.0. The van der Waals surface area contributed by atoms with E-state index < -0.39 is 38.0 Å². The van der Waals surface area contributed by atoms with Crippen molar-refractivity contribution in [2.75, 3.05) is 5.32 Å². The van der Waals surface area contributed by atoms with Crippen LogP contribution in [0.2, 0.25) is 0 Å². The standard InChI is InChI=1S/C25H16F6N6OS/c1-15-21(26)10-19(34-25(38)18-7-16(13-32)8-20(9-18)39(27,28,29,30)31)11-23(15)36-5-6-37-24(36)12-22(35-37)17-3-2-4-33-14-17/h2-12,14H,1H3,(H,34,38). The largest absolute Gasteiger partial charge is 0.322 e. The van der Waals surface area contributed by atoms with E-state index in [0.717, 1.165) is 17.7 Å². The minimum atomic E-state index is -10.2. The number of nitrogens with one attached hydrogen (secondary N) is 1. The van der Waals surface area contributed by atoms with E-state index in [9.17, 15) is 28.6 Å². The van der Waals surface area contributed by atoms with E-state index in [1.54, 1.807) is 46.0 Å². The van der Waals surface area contributed by atoms with Crippen molar-refractivity contribution < 1.29 is 28.6 Å². The van der Waals surface area contributed by atoms with Gasteiger partial charge in [0.2, 0.25) is 0 Å². The normalized spacial score (nSPS) is 13.5. The molecule has 0 unspecified atom stereocenters. The number of hydrogen-bond acceptors (Lipinski definition) is 4. The van der Waals surface area contributed by atoms with E-state index in [-0.39, 0.29) is 29.1 Å². The number of carbonyl (C=O) groups is 1. The number of hydrogen-bond donors (Lipinski definition) is 1. The van der Waals surface area contributed by atoms with Crippen molar-refractivity contribution in [3.63, 3.8) is 0 Å². The van der Waals surface area contributed by atoms with E-state index in [2.05, 4.69) is 15.4 Å². The van der Waals surface area contributed by atoms with Gasteiger partial charge in [-0.05, 0) is 49.4 Å². The first kappa shape index (κ1) is 25.9. The number of carbonyl (C=O) groups excluding carboxylic acids is 1. The summed E-state index contributed by atoms with van der Waals surface area (Å²) < 4.78 is 84.9. The fourth-order valence-corrected chi connectivity index (χ4v) is 4.65. The number of benzene rings is 2. The van der Waals surface area contributed by atoms with Crippen molar-refractivity contribution >= 4 is 27.5 Å². The lowest BCUT2D eigenvalue weighted by molar-refractivity contribution is 0.102. The van der Waals surface area contributed by atoms with Gasteiger partial charge in [0.05, 0.1) is 23.0 Å². The first-order chi connectivity index (χ1) is 18.1. The summed E-state index contributed by atoms with van der Waals surface area (Å²) >= 11 is 0. The molecule has 5 rings (SSSR count). The van der Waals surface area contributed by atoms with Crippen LogP contribution in [0.3, 0.4) is 0 Å². The molecule has 0 aliphatic heterocycles. The van der Waals surface area contributed by atoms with E-state index >= 15 is 0 Å². The lowest BCUT2D eigenvalue weighted by Crippen LogP contribution is -2.15. The van der Waals surface area contributed by atoms with Gasteiger partial charge in [-0.3, -0.25) is 14.3 Å². The highest BCUT2D eigenvalue weighted by atomic mass is 32.5. The molecule has 0 saturated heterocycles. The lowest BCUT2D eigenvalue weighted by atomic mass is 10.1. The third-order valence-electron chi connectivity index (χ3n) is 5.85. The molecule has 0 aliphatic rings. The number of halogens is 6. The fraction of sp³-hybridized carbons (Fsp3) is 0.0400. The Labute approximate surface area is 216 Å². The molecule has 0 fully saturated rings. The highest BCUT2D eigenvalue weighted by molar-refractivity contribution is 8.45. The molecule has 2 aromatic carbocycles. The number of pyridine rings is 1. The number of fused-ring (bicyclic) bond motifs is 1. The molecule has 14 heteroatoms. The van der Waals surface area contributed by atoms with Crippen LogP contribution in [0.25, 0.3) is 22.6 Å². The summed E-state index contributed by atoms with van der Waals surface area (Å²) in [5, 5.41) is 15.7. The molecule has 7 nitrogen and oxygen atoms in total. The van der Waals surface area contributed by atoms with Gasteiger partial charge in [0.1, 0.15) is 16.4 Å². The number of imidazole rings is 1. The van der Waals surface area contributed by atoms with Gasteiger partial charge in [0.25, 0.3) is 5.91 Å². The van der Waals surface area contributed by atoms with Gasteiger partial charge in [-0.2, -0.15) is 10.4 Å². The SMILES string of the molecule is Cc1c(F)cc(NC(=O)c2cc(C#N)cc(S(F)(F)(F)(F)F)c2)cc1-n1ccn2nc(-c3cccnc3)cc12. The molecule has 0 bridgehead atoms. The summed E-state index contributed by atoms with van der Waals surface area (Å²) in [6.45, 7) is 1.49. The van der Waals surface area contributed by atoms with Gasteiger partial charge in [-0.1, -0.05) is 19.4 Å². The second kappa shape index (κ2) is 8.11. The van der Waals surface area contributed by atoms with Crippen molar-refractivity contribution in [1.82, 2.24) is 19.2 Å². The van der Waals surface area contributed by atoms with Crippen molar-refractivity contribution in [2.45, 2.75) is 11.8 Å². The predicted molar refractivity (Wildman–Crippen MR) is 133 cm³/mol. The number of nitrogens with zero attached hydrogens (tertiary/aromatic N) is 5. The smallest absolute Gasteiger partial charge is 0.310 e. The van der Waals surface area contributed by atoms with Gasteiger partial charge in [0, 0.05) is 53.2 Å². The van der Waals surface area contributed by atoms with Crippen LogP contribution in [0.4, 0.5) is 29.5 Å². The highest BCUT2D eigenvalue weighted by Gasteiger charge is 2.65. The van der Waals surface area contributed by atoms with Gasteiger partial charge >= 0.3 is 10.2 Å². The molecule has 0 saturated carbocycles. The maximum absolute atomic E-state index is 14.9. The Morgan fingerprint density at radius 3 is 2.49 bits per heavy atom. The molecule has 3 heterocycles. The minimum absolute atomic E-state index is 0.0232. The molecule has 1 amide bonds. The molecule has 1 N–H and O–H groups in total. The van der Waals surface area contributed by atoms with Gasteiger partial charge < -0.3 is 5.32 Å². The van der Waals surface area contributed by atoms with Gasteiger partial charge in [-0.25, -0.2) is 8.91 Å². The average Bonchev–Trinajstić information content (AvgIpc) is 3.46. The maximum Gasteiger partial charge on any atom is 0.310 e. The van der Waals surface area contributed by atoms with Crippen molar-refractivity contribution in [2.24, 2.45) is 0 Å². The summed E-state index contributed by atoms with van der Waals surface area (Å²) in [6, 6.07) is 9.60. The second-order valence-electron chi connectivity index (χ2n) is 8.63. The summed E-state index contributed by atoms with van der Waals surface area (Å²) in [6.07, 6.45) is 6.45. The Balaban J connectivity index is 1.53. The van der Waals surface area contributed by atoms with Crippen LogP contribution in [0, 0.1) is 24.1 Å². The monoisotopic (exact) mass is 562 g/mol. The zero-order chi connectivity index (χ0) is 28.2. The van der Waals surface area contributed by atoms with Crippen LogP contribution in [-0.2, 0) is 0 Å². The van der Waals surface area contributed by atoms with Crippen LogP contribution in [-0.4, -0.2) is 25.1 Å². The van der Waals surface area contributed by atoms with Gasteiger partial charge in [0.15, 0.2) is 0 Å². The van der Waals surface area contributed by atoms with E-state index in [1.165, 1.54) is 19.1 Å². The Bertz CT molecular complexity index is 1830. The Hall–Kier alpha value is -4.77. The van der Waals surface area contributed by atoms with Crippen molar-refractivity contribution in [3.05, 3.63) is 95.8 Å². The molecule has 39 heavy (non-hydrogen) atoms. The average molecular weight is 562 g/mol. The summed E-state index contributed by atoms with van der Waals surface area (Å²) in [7, 11) is -10.2. The number of anilines is 1. The Morgan fingerprint density at radius 2 is 1.82 bits per heavy atom. The predicted octanol–water partition coefficient (Wildman–Crippen LogP) is 7.42. The zero-order valence-electron chi connectivity index (χ0n) is 19.7. The molecule has 200 valence electrons. The molecular weight excluding hydrogens is 546 g/mol. The molecule has 3 aromatic heterocycles. The quantitative estimate of drug-likeness (QED) is 0.226. The lowest BCUT2D eigenvalue weighted by Gasteiger charge is -2.40. The fourth-order valence-electron chi connectivity index (χ4n) is 3.95.